The van der Waals surface area contributed by atoms with E-state index in [4.69, 9.17) is 5.73 Å². The predicted octanol–water partition coefficient (Wildman–Crippen LogP) is 2.47. The summed E-state index contributed by atoms with van der Waals surface area (Å²) in [6.07, 6.45) is 2.55. The van der Waals surface area contributed by atoms with Gasteiger partial charge in [-0.25, -0.2) is 0 Å². The first kappa shape index (κ1) is 9.12. The van der Waals surface area contributed by atoms with Crippen LogP contribution in [0.25, 0.3) is 11.3 Å². The monoisotopic (exact) mass is 219 g/mol. The zero-order valence-corrected chi connectivity index (χ0v) is 9.18. The van der Waals surface area contributed by atoms with Gasteiger partial charge in [-0.05, 0) is 24.3 Å². The summed E-state index contributed by atoms with van der Waals surface area (Å²) in [5.41, 5.74) is 10.5. The van der Waals surface area contributed by atoms with Gasteiger partial charge in [0.15, 0.2) is 0 Å². The largest absolute Gasteiger partial charge is 0.326 e. The molecule has 0 spiro atoms. The molecule has 78 valence electrons. The topological polar surface area (TPSA) is 54.7 Å². The molecule has 3 nitrogen and oxygen atoms in total. The van der Waals surface area contributed by atoms with Gasteiger partial charge in [-0.2, -0.15) is 16.4 Å². The van der Waals surface area contributed by atoms with Gasteiger partial charge in [-0.1, -0.05) is 0 Å². The third-order valence-corrected chi connectivity index (χ3v) is 3.57. The van der Waals surface area contributed by atoms with Crippen LogP contribution in [0, 0.1) is 0 Å². The Labute approximate surface area is 92.3 Å². The van der Waals surface area contributed by atoms with Crippen molar-refractivity contribution in [2.45, 2.75) is 25.3 Å². The molecule has 2 aromatic heterocycles. The van der Waals surface area contributed by atoms with Gasteiger partial charge in [-0.15, -0.1) is 0 Å². The average molecular weight is 219 g/mol. The van der Waals surface area contributed by atoms with Crippen molar-refractivity contribution in [2.24, 2.45) is 5.73 Å². The molecule has 0 saturated heterocycles. The Bertz CT molecular complexity index is 454. The van der Waals surface area contributed by atoms with Crippen molar-refractivity contribution in [1.82, 2.24) is 10.2 Å². The summed E-state index contributed by atoms with van der Waals surface area (Å²) in [5, 5.41) is 11.7. The minimum atomic E-state index is 0.577. The number of hydrogen-bond donors (Lipinski definition) is 2. The van der Waals surface area contributed by atoms with Crippen molar-refractivity contribution in [1.29, 1.82) is 0 Å². The van der Waals surface area contributed by atoms with E-state index in [-0.39, 0.29) is 0 Å². The number of hydrogen-bond acceptors (Lipinski definition) is 3. The maximum absolute atomic E-state index is 5.81. The van der Waals surface area contributed by atoms with Gasteiger partial charge in [0, 0.05) is 34.7 Å². The molecule has 15 heavy (non-hydrogen) atoms. The second-order valence-corrected chi connectivity index (χ2v) is 4.73. The number of nitrogens with one attached hydrogen (secondary N) is 1. The van der Waals surface area contributed by atoms with Gasteiger partial charge in [0.25, 0.3) is 0 Å². The van der Waals surface area contributed by atoms with E-state index in [0.717, 1.165) is 5.69 Å². The van der Waals surface area contributed by atoms with E-state index in [1.165, 1.54) is 29.7 Å². The summed E-state index contributed by atoms with van der Waals surface area (Å²) in [7, 11) is 0. The maximum atomic E-state index is 5.81. The third kappa shape index (κ3) is 1.50. The normalized spacial score (nSPS) is 15.8. The number of nitrogens with zero attached hydrogens (tertiary/aromatic N) is 1. The fourth-order valence-corrected chi connectivity index (χ4v) is 2.57. The van der Waals surface area contributed by atoms with Crippen molar-refractivity contribution in [2.75, 3.05) is 0 Å². The van der Waals surface area contributed by atoms with E-state index in [2.05, 4.69) is 27.0 Å². The molecule has 2 heterocycles. The highest BCUT2D eigenvalue weighted by Crippen LogP contribution is 2.42. The van der Waals surface area contributed by atoms with Crippen LogP contribution in [0.15, 0.2) is 16.8 Å². The Kier molecular flexibility index (Phi) is 2.11. The molecule has 0 atom stereocenters. The van der Waals surface area contributed by atoms with Gasteiger partial charge in [0.1, 0.15) is 0 Å². The van der Waals surface area contributed by atoms with Crippen LogP contribution in [0.5, 0.6) is 0 Å². The summed E-state index contributed by atoms with van der Waals surface area (Å²) >= 11 is 1.69. The van der Waals surface area contributed by atoms with Crippen molar-refractivity contribution in [3.63, 3.8) is 0 Å². The molecule has 0 bridgehead atoms. The molecule has 1 aliphatic rings. The van der Waals surface area contributed by atoms with Crippen LogP contribution in [0.4, 0.5) is 0 Å². The van der Waals surface area contributed by atoms with Gasteiger partial charge < -0.3 is 5.73 Å². The van der Waals surface area contributed by atoms with E-state index in [1.54, 1.807) is 11.3 Å². The van der Waals surface area contributed by atoms with Crippen molar-refractivity contribution >= 4 is 11.3 Å². The van der Waals surface area contributed by atoms with Crippen molar-refractivity contribution in [3.05, 3.63) is 28.1 Å². The second-order valence-electron chi connectivity index (χ2n) is 3.95. The maximum Gasteiger partial charge on any atom is 0.0976 e. The molecule has 1 fully saturated rings. The fraction of sp³-hybridized carbons (Fsp3) is 0.364. The highest BCUT2D eigenvalue weighted by molar-refractivity contribution is 7.08. The summed E-state index contributed by atoms with van der Waals surface area (Å²) in [4.78, 5) is 0. The molecule has 0 amide bonds. The zero-order valence-electron chi connectivity index (χ0n) is 8.36. The summed E-state index contributed by atoms with van der Waals surface area (Å²) in [6.45, 7) is 0.577. The molecule has 0 aromatic carbocycles. The third-order valence-electron chi connectivity index (χ3n) is 2.88. The number of aromatic nitrogens is 2. The molecule has 1 saturated carbocycles. The number of thiophene rings is 1. The van der Waals surface area contributed by atoms with Crippen LogP contribution in [0.2, 0.25) is 0 Å². The first-order chi connectivity index (χ1) is 7.40. The molecule has 0 aliphatic heterocycles. The minimum absolute atomic E-state index is 0.577. The van der Waals surface area contributed by atoms with Gasteiger partial charge >= 0.3 is 0 Å². The second kappa shape index (κ2) is 3.47. The Hall–Kier alpha value is -1.13. The molecule has 1 aliphatic carbocycles. The molecule has 0 radical (unpaired) electrons. The van der Waals surface area contributed by atoms with E-state index < -0.39 is 0 Å². The Morgan fingerprint density at radius 2 is 2.40 bits per heavy atom. The van der Waals surface area contributed by atoms with E-state index in [0.29, 0.717) is 12.5 Å². The first-order valence-electron chi connectivity index (χ1n) is 5.20. The van der Waals surface area contributed by atoms with E-state index in [1.807, 2.05) is 0 Å². The zero-order chi connectivity index (χ0) is 10.3. The number of aromatic amines is 1. The minimum Gasteiger partial charge on any atom is -0.326 e. The number of rotatable bonds is 3. The lowest BCUT2D eigenvalue weighted by Gasteiger charge is -1.99. The summed E-state index contributed by atoms with van der Waals surface area (Å²) in [5.74, 6) is 0.684. The standard InChI is InChI=1S/C11H13N3S/c12-5-9-10(7-1-2-7)13-14-11(9)8-3-4-15-6-8/h3-4,6-7H,1-2,5,12H2,(H,13,14). The fourth-order valence-electron chi connectivity index (χ4n) is 1.93. The summed E-state index contributed by atoms with van der Waals surface area (Å²) < 4.78 is 0. The highest BCUT2D eigenvalue weighted by atomic mass is 32.1. The van der Waals surface area contributed by atoms with Crippen molar-refractivity contribution in [3.8, 4) is 11.3 Å². The van der Waals surface area contributed by atoms with Crippen LogP contribution >= 0.6 is 11.3 Å². The highest BCUT2D eigenvalue weighted by Gasteiger charge is 2.29. The van der Waals surface area contributed by atoms with Gasteiger partial charge in [0.05, 0.1) is 5.69 Å². The molecule has 2 aromatic rings. The van der Waals surface area contributed by atoms with E-state index in [9.17, 15) is 0 Å². The molecule has 4 heteroatoms. The number of H-pyrrole nitrogens is 1. The molecule has 3 N–H and O–H groups in total. The number of nitrogens with two attached hydrogens (primary N) is 1. The van der Waals surface area contributed by atoms with Crippen LogP contribution in [-0.2, 0) is 6.54 Å². The predicted molar refractivity (Wildman–Crippen MR) is 61.8 cm³/mol. The van der Waals surface area contributed by atoms with Crippen LogP contribution in [0.3, 0.4) is 0 Å². The summed E-state index contributed by atoms with van der Waals surface area (Å²) in [6, 6.07) is 2.09. The van der Waals surface area contributed by atoms with Gasteiger partial charge in [-0.3, -0.25) is 5.10 Å². The molecular formula is C11H13N3S. The Morgan fingerprint density at radius 1 is 1.53 bits per heavy atom. The first-order valence-corrected chi connectivity index (χ1v) is 6.14. The quantitative estimate of drug-likeness (QED) is 0.833. The molecular weight excluding hydrogens is 206 g/mol. The van der Waals surface area contributed by atoms with Crippen LogP contribution in [0.1, 0.15) is 30.0 Å². The van der Waals surface area contributed by atoms with Crippen molar-refractivity contribution < 1.29 is 0 Å². The lowest BCUT2D eigenvalue weighted by molar-refractivity contribution is 0.938. The Morgan fingerprint density at radius 3 is 3.00 bits per heavy atom. The molecule has 0 unspecified atom stereocenters. The van der Waals surface area contributed by atoms with Crippen LogP contribution in [-0.4, -0.2) is 10.2 Å². The lowest BCUT2D eigenvalue weighted by atomic mass is 10.1. The van der Waals surface area contributed by atoms with E-state index >= 15 is 0 Å². The Balaban J connectivity index is 2.07. The average Bonchev–Trinajstić information content (AvgIpc) is 2.83. The SMILES string of the molecule is NCc1c(-c2ccsc2)n[nH]c1C1CC1. The lowest BCUT2D eigenvalue weighted by Crippen LogP contribution is -2.00. The van der Waals surface area contributed by atoms with Gasteiger partial charge in [0.2, 0.25) is 0 Å². The smallest absolute Gasteiger partial charge is 0.0976 e. The molecule has 3 rings (SSSR count). The van der Waals surface area contributed by atoms with Crippen LogP contribution < -0.4 is 5.73 Å².